The van der Waals surface area contributed by atoms with Crippen LogP contribution in [0, 0.1) is 0 Å². The van der Waals surface area contributed by atoms with Gasteiger partial charge in [0.2, 0.25) is 5.91 Å². The summed E-state index contributed by atoms with van der Waals surface area (Å²) in [4.78, 5) is 26.3. The van der Waals surface area contributed by atoms with Crippen LogP contribution in [0.2, 0.25) is 0 Å². The Kier molecular flexibility index (Phi) is 5.40. The third-order valence-corrected chi connectivity index (χ3v) is 7.31. The van der Waals surface area contributed by atoms with Crippen molar-refractivity contribution in [3.8, 4) is 11.4 Å². The first-order valence-electron chi connectivity index (χ1n) is 11.4. The molecule has 1 amide bonds. The molecule has 3 aliphatic rings. The van der Waals surface area contributed by atoms with Gasteiger partial charge in [-0.05, 0) is 38.8 Å². The molecule has 31 heavy (non-hydrogen) atoms. The first kappa shape index (κ1) is 20.4. The van der Waals surface area contributed by atoms with Crippen molar-refractivity contribution in [2.75, 3.05) is 45.2 Å². The zero-order valence-corrected chi connectivity index (χ0v) is 18.2. The van der Waals surface area contributed by atoms with Crippen molar-refractivity contribution in [2.45, 2.75) is 43.6 Å². The van der Waals surface area contributed by atoms with E-state index >= 15 is 0 Å². The molecule has 0 saturated carbocycles. The van der Waals surface area contributed by atoms with Crippen molar-refractivity contribution in [3.05, 3.63) is 41.6 Å². The summed E-state index contributed by atoms with van der Waals surface area (Å²) in [7, 11) is 1.86. The molecular weight excluding hydrogens is 390 g/mol. The van der Waals surface area contributed by atoms with Crippen LogP contribution in [0.5, 0.6) is 0 Å². The predicted molar refractivity (Wildman–Crippen MR) is 120 cm³/mol. The first-order chi connectivity index (χ1) is 15.1. The second-order valence-electron chi connectivity index (χ2n) is 9.25. The number of nitrogens with zero attached hydrogens (tertiary/aromatic N) is 4. The van der Waals surface area contributed by atoms with Crippen LogP contribution in [0.4, 0.5) is 5.82 Å². The van der Waals surface area contributed by atoms with Gasteiger partial charge in [0.15, 0.2) is 5.82 Å². The van der Waals surface area contributed by atoms with Crippen molar-refractivity contribution < 1.29 is 9.90 Å². The van der Waals surface area contributed by atoms with Gasteiger partial charge in [-0.25, -0.2) is 9.97 Å². The topological polar surface area (TPSA) is 81.6 Å². The Morgan fingerprint density at radius 1 is 1.16 bits per heavy atom. The van der Waals surface area contributed by atoms with Gasteiger partial charge in [0, 0.05) is 43.1 Å². The lowest BCUT2D eigenvalue weighted by atomic mass is 9.76. The number of amides is 1. The molecule has 2 aromatic rings. The summed E-state index contributed by atoms with van der Waals surface area (Å²) in [5, 5.41) is 12.9. The summed E-state index contributed by atoms with van der Waals surface area (Å²) < 4.78 is 0. The van der Waals surface area contributed by atoms with Crippen molar-refractivity contribution in [1.29, 1.82) is 0 Å². The lowest BCUT2D eigenvalue weighted by molar-refractivity contribution is -0.126. The van der Waals surface area contributed by atoms with E-state index in [0.717, 1.165) is 62.5 Å². The van der Waals surface area contributed by atoms with Crippen molar-refractivity contribution in [2.24, 2.45) is 0 Å². The third-order valence-electron chi connectivity index (χ3n) is 7.31. The number of carbonyl (C=O) groups is 1. The maximum absolute atomic E-state index is 12.1. The molecule has 164 valence electrons. The number of rotatable bonds is 5. The maximum atomic E-state index is 12.1. The highest BCUT2D eigenvalue weighted by atomic mass is 16.3. The zero-order chi connectivity index (χ0) is 21.4. The van der Waals surface area contributed by atoms with E-state index in [4.69, 9.17) is 9.97 Å². The normalized spacial score (nSPS) is 22.8. The van der Waals surface area contributed by atoms with Crippen LogP contribution in [-0.2, 0) is 16.6 Å². The van der Waals surface area contributed by atoms with Gasteiger partial charge in [0.1, 0.15) is 5.82 Å². The summed E-state index contributed by atoms with van der Waals surface area (Å²) >= 11 is 0. The number of likely N-dealkylation sites (N-methyl/N-ethyl adjacent to an activating group) is 1. The zero-order valence-electron chi connectivity index (χ0n) is 18.2. The van der Waals surface area contributed by atoms with E-state index in [0.29, 0.717) is 13.0 Å². The fourth-order valence-electron chi connectivity index (χ4n) is 5.46. The fraction of sp³-hybridized carbons (Fsp3) is 0.542. The third kappa shape index (κ3) is 3.81. The molecule has 1 atom stereocenters. The molecule has 0 radical (unpaired) electrons. The summed E-state index contributed by atoms with van der Waals surface area (Å²) in [5.41, 5.74) is 3.54. The first-order valence-corrected chi connectivity index (χ1v) is 11.4. The molecule has 7 nitrogen and oxygen atoms in total. The average Bonchev–Trinajstić information content (AvgIpc) is 3.30. The van der Waals surface area contributed by atoms with Crippen LogP contribution >= 0.6 is 0 Å². The molecule has 1 aromatic heterocycles. The number of β-amino-alcohol motifs (C(OH)–C–C–N with tert-alkyl or cyclic N) is 1. The minimum Gasteiger partial charge on any atom is -0.395 e. The molecule has 0 bridgehead atoms. The molecule has 1 unspecified atom stereocenters. The molecule has 2 saturated heterocycles. The Bertz CT molecular complexity index is 956. The van der Waals surface area contributed by atoms with Gasteiger partial charge >= 0.3 is 0 Å². The van der Waals surface area contributed by atoms with Gasteiger partial charge in [-0.15, -0.1) is 0 Å². The molecule has 2 aliphatic heterocycles. The van der Waals surface area contributed by atoms with E-state index in [1.807, 2.05) is 25.2 Å². The summed E-state index contributed by atoms with van der Waals surface area (Å²) in [6.07, 6.45) is 4.71. The molecule has 2 fully saturated rings. The van der Waals surface area contributed by atoms with Gasteiger partial charge in [0.05, 0.1) is 18.3 Å². The van der Waals surface area contributed by atoms with Crippen molar-refractivity contribution in [3.63, 3.8) is 0 Å². The largest absolute Gasteiger partial charge is 0.395 e. The Labute approximate surface area is 183 Å². The van der Waals surface area contributed by atoms with Crippen LogP contribution in [0.25, 0.3) is 11.4 Å². The highest BCUT2D eigenvalue weighted by molar-refractivity contribution is 5.79. The summed E-state index contributed by atoms with van der Waals surface area (Å²) in [6.45, 7) is 3.66. The maximum Gasteiger partial charge on any atom is 0.224 e. The molecule has 1 aromatic carbocycles. The number of anilines is 1. The van der Waals surface area contributed by atoms with Crippen molar-refractivity contribution in [1.82, 2.24) is 19.8 Å². The lowest BCUT2D eigenvalue weighted by Crippen LogP contribution is -2.43. The number of aromatic nitrogens is 2. The lowest BCUT2D eigenvalue weighted by Gasteiger charge is -2.39. The Hall–Kier alpha value is -2.51. The number of aliphatic hydroxyl groups excluding tert-OH is 1. The highest BCUT2D eigenvalue weighted by Crippen LogP contribution is 2.47. The van der Waals surface area contributed by atoms with E-state index in [-0.39, 0.29) is 24.0 Å². The van der Waals surface area contributed by atoms with E-state index in [1.165, 1.54) is 11.3 Å². The molecule has 1 spiro atoms. The fourth-order valence-corrected chi connectivity index (χ4v) is 5.46. The van der Waals surface area contributed by atoms with Gasteiger partial charge in [-0.2, -0.15) is 0 Å². The average molecular weight is 422 g/mol. The van der Waals surface area contributed by atoms with E-state index < -0.39 is 0 Å². The standard InChI is InChI=1S/C24H31N5O2/c1-28-16-18(15-20(28)31)25-23-19-7-8-24(9-11-29(12-10-24)13-14-30)21(19)26-22(27-23)17-5-3-2-4-6-17/h2-6,18,30H,7-16H2,1H3,(H,25,26,27). The van der Waals surface area contributed by atoms with Crippen LogP contribution in [0.1, 0.15) is 36.9 Å². The number of piperidine rings is 1. The SMILES string of the molecule is CN1CC(Nc2nc(-c3ccccc3)nc3c2CCC32CCN(CCO)CC2)CC1=O. The Balaban J connectivity index is 1.51. The molecule has 2 N–H and O–H groups in total. The number of fused-ring (bicyclic) bond motifs is 2. The Morgan fingerprint density at radius 3 is 2.61 bits per heavy atom. The molecule has 3 heterocycles. The predicted octanol–water partition coefficient (Wildman–Crippen LogP) is 2.06. The van der Waals surface area contributed by atoms with Gasteiger partial charge in [0.25, 0.3) is 0 Å². The minimum atomic E-state index is 0.0862. The number of benzene rings is 1. The summed E-state index contributed by atoms with van der Waals surface area (Å²) in [5.74, 6) is 1.85. The smallest absolute Gasteiger partial charge is 0.224 e. The second kappa shape index (κ2) is 8.20. The van der Waals surface area contributed by atoms with E-state index in [9.17, 15) is 9.90 Å². The number of hydrogen-bond acceptors (Lipinski definition) is 6. The number of nitrogens with one attached hydrogen (secondary N) is 1. The van der Waals surface area contributed by atoms with Crippen LogP contribution in [0.15, 0.2) is 30.3 Å². The highest BCUT2D eigenvalue weighted by Gasteiger charge is 2.44. The molecule has 7 heteroatoms. The quantitative estimate of drug-likeness (QED) is 0.769. The van der Waals surface area contributed by atoms with Crippen LogP contribution in [-0.4, -0.2) is 76.7 Å². The number of aliphatic hydroxyl groups is 1. The number of hydrogen-bond donors (Lipinski definition) is 2. The molecule has 1 aliphatic carbocycles. The summed E-state index contributed by atoms with van der Waals surface area (Å²) in [6, 6.07) is 10.3. The van der Waals surface area contributed by atoms with Gasteiger partial charge < -0.3 is 20.2 Å². The van der Waals surface area contributed by atoms with Crippen LogP contribution in [0.3, 0.4) is 0 Å². The second-order valence-corrected chi connectivity index (χ2v) is 9.25. The van der Waals surface area contributed by atoms with Crippen LogP contribution < -0.4 is 5.32 Å². The molecule has 5 rings (SSSR count). The minimum absolute atomic E-state index is 0.0862. The van der Waals surface area contributed by atoms with Gasteiger partial charge in [-0.1, -0.05) is 30.3 Å². The number of likely N-dealkylation sites (tertiary alicyclic amines) is 2. The van der Waals surface area contributed by atoms with E-state index in [2.05, 4.69) is 22.3 Å². The van der Waals surface area contributed by atoms with E-state index in [1.54, 1.807) is 4.90 Å². The monoisotopic (exact) mass is 421 g/mol. The van der Waals surface area contributed by atoms with Gasteiger partial charge in [-0.3, -0.25) is 4.79 Å². The van der Waals surface area contributed by atoms with Crippen molar-refractivity contribution >= 4 is 11.7 Å². The Morgan fingerprint density at radius 2 is 1.94 bits per heavy atom. The molecular formula is C24H31N5O2. The number of carbonyl (C=O) groups excluding carboxylic acids is 1.